The first kappa shape index (κ1) is 14.4. The third-order valence-corrected chi connectivity index (χ3v) is 5.89. The van der Waals surface area contributed by atoms with E-state index in [1.54, 1.807) is 14.0 Å². The number of nitrogens with one attached hydrogen (secondary N) is 1. The van der Waals surface area contributed by atoms with Gasteiger partial charge >= 0.3 is 4.87 Å². The van der Waals surface area contributed by atoms with Crippen LogP contribution in [0.5, 0.6) is 0 Å². The topological polar surface area (TPSA) is 70.2 Å². The minimum absolute atomic E-state index is 0.119. The molecular formula is C10H18N2O3S2. The van der Waals surface area contributed by atoms with Crippen molar-refractivity contribution in [1.29, 1.82) is 0 Å². The molecule has 1 N–H and O–H groups in total. The molecular weight excluding hydrogens is 260 g/mol. The lowest BCUT2D eigenvalue weighted by molar-refractivity contribution is 0.429. The van der Waals surface area contributed by atoms with Crippen molar-refractivity contribution in [1.82, 2.24) is 9.29 Å². The van der Waals surface area contributed by atoms with E-state index in [9.17, 15) is 13.2 Å². The molecule has 98 valence electrons. The van der Waals surface area contributed by atoms with Crippen LogP contribution in [0, 0.1) is 12.8 Å². The molecule has 1 aromatic rings. The van der Waals surface area contributed by atoms with Gasteiger partial charge in [-0.2, -0.15) is 0 Å². The van der Waals surface area contributed by atoms with E-state index in [0.29, 0.717) is 18.2 Å². The summed E-state index contributed by atoms with van der Waals surface area (Å²) in [5.74, 6) is 0.443. The molecule has 1 aromatic heterocycles. The molecule has 0 aromatic carbocycles. The van der Waals surface area contributed by atoms with Crippen LogP contribution in [-0.2, 0) is 10.0 Å². The quantitative estimate of drug-likeness (QED) is 0.885. The maximum Gasteiger partial charge on any atom is 0.305 e. The lowest BCUT2D eigenvalue weighted by atomic mass is 10.1. The zero-order valence-electron chi connectivity index (χ0n) is 10.5. The maximum absolute atomic E-state index is 12.2. The van der Waals surface area contributed by atoms with Crippen molar-refractivity contribution in [3.63, 3.8) is 0 Å². The van der Waals surface area contributed by atoms with E-state index in [0.717, 1.165) is 17.8 Å². The number of rotatable bonds is 5. The predicted octanol–water partition coefficient (Wildman–Crippen LogP) is 1.41. The lowest BCUT2D eigenvalue weighted by Crippen LogP contribution is -2.28. The summed E-state index contributed by atoms with van der Waals surface area (Å²) in [6.07, 6.45) is 0.800. The number of thiazole rings is 1. The fraction of sp³-hybridized carbons (Fsp3) is 0.700. The van der Waals surface area contributed by atoms with Gasteiger partial charge in [0.1, 0.15) is 0 Å². The molecule has 0 aliphatic heterocycles. The first-order valence-electron chi connectivity index (χ1n) is 5.41. The standard InChI is InChI=1S/C10H18N2O3S2/c1-7(2)5-6-12(4)17(14,15)9-8(3)11-10(13)16-9/h7H,5-6H2,1-4H3,(H,11,13). The number of hydrogen-bond acceptors (Lipinski definition) is 4. The highest BCUT2D eigenvalue weighted by Gasteiger charge is 2.25. The van der Waals surface area contributed by atoms with Gasteiger partial charge in [-0.1, -0.05) is 25.2 Å². The van der Waals surface area contributed by atoms with Crippen LogP contribution in [0.2, 0.25) is 0 Å². The fourth-order valence-electron chi connectivity index (χ4n) is 1.34. The Morgan fingerprint density at radius 3 is 2.41 bits per heavy atom. The van der Waals surface area contributed by atoms with E-state index in [1.165, 1.54) is 4.31 Å². The molecule has 0 amide bonds. The van der Waals surface area contributed by atoms with Gasteiger partial charge in [0.05, 0.1) is 0 Å². The summed E-state index contributed by atoms with van der Waals surface area (Å²) in [7, 11) is -1.98. The van der Waals surface area contributed by atoms with Crippen LogP contribution in [0.3, 0.4) is 0 Å². The van der Waals surface area contributed by atoms with E-state index < -0.39 is 10.0 Å². The van der Waals surface area contributed by atoms with Crippen molar-refractivity contribution in [3.05, 3.63) is 15.4 Å². The second kappa shape index (κ2) is 5.32. The van der Waals surface area contributed by atoms with Crippen LogP contribution in [0.1, 0.15) is 26.0 Å². The monoisotopic (exact) mass is 278 g/mol. The smallest absolute Gasteiger partial charge is 0.305 e. The zero-order valence-corrected chi connectivity index (χ0v) is 12.1. The van der Waals surface area contributed by atoms with Crippen LogP contribution >= 0.6 is 11.3 Å². The van der Waals surface area contributed by atoms with E-state index in [4.69, 9.17) is 0 Å². The molecule has 0 radical (unpaired) electrons. The summed E-state index contributed by atoms with van der Waals surface area (Å²) in [6, 6.07) is 0. The molecule has 0 atom stereocenters. The number of sulfonamides is 1. The fourth-order valence-corrected chi connectivity index (χ4v) is 4.01. The lowest BCUT2D eigenvalue weighted by Gasteiger charge is -2.17. The van der Waals surface area contributed by atoms with Gasteiger partial charge in [0.2, 0.25) is 0 Å². The Hall–Kier alpha value is -0.660. The van der Waals surface area contributed by atoms with Gasteiger partial charge in [0.25, 0.3) is 10.0 Å². The molecule has 17 heavy (non-hydrogen) atoms. The Bertz CT molecular complexity index is 528. The largest absolute Gasteiger partial charge is 0.315 e. The highest BCUT2D eigenvalue weighted by atomic mass is 32.2. The zero-order chi connectivity index (χ0) is 13.2. The molecule has 1 heterocycles. The van der Waals surface area contributed by atoms with Crippen molar-refractivity contribution >= 4 is 21.4 Å². The van der Waals surface area contributed by atoms with E-state index >= 15 is 0 Å². The number of hydrogen-bond donors (Lipinski definition) is 1. The number of nitrogens with zero attached hydrogens (tertiary/aromatic N) is 1. The van der Waals surface area contributed by atoms with Gasteiger partial charge in [-0.25, -0.2) is 12.7 Å². The van der Waals surface area contributed by atoms with Crippen molar-refractivity contribution in [2.24, 2.45) is 5.92 Å². The Balaban J connectivity index is 2.95. The second-order valence-electron chi connectivity index (χ2n) is 4.44. The van der Waals surface area contributed by atoms with Crippen molar-refractivity contribution in [2.45, 2.75) is 31.4 Å². The Morgan fingerprint density at radius 2 is 2.00 bits per heavy atom. The molecule has 0 unspecified atom stereocenters. The van der Waals surface area contributed by atoms with Crippen LogP contribution in [-0.4, -0.2) is 31.3 Å². The van der Waals surface area contributed by atoms with E-state index in [-0.39, 0.29) is 9.08 Å². The number of aromatic nitrogens is 1. The van der Waals surface area contributed by atoms with Gasteiger partial charge in [-0.05, 0) is 19.3 Å². The third-order valence-electron chi connectivity index (χ3n) is 2.45. The van der Waals surface area contributed by atoms with Gasteiger partial charge in [0, 0.05) is 19.3 Å². The second-order valence-corrected chi connectivity index (χ2v) is 7.66. The highest BCUT2D eigenvalue weighted by Crippen LogP contribution is 2.20. The van der Waals surface area contributed by atoms with Gasteiger partial charge in [-0.3, -0.25) is 4.79 Å². The average molecular weight is 278 g/mol. The molecule has 0 saturated carbocycles. The first-order valence-corrected chi connectivity index (χ1v) is 7.67. The first-order chi connectivity index (χ1) is 7.75. The third kappa shape index (κ3) is 3.40. The molecule has 5 nitrogen and oxygen atoms in total. The summed E-state index contributed by atoms with van der Waals surface area (Å²) < 4.78 is 25.7. The molecule has 7 heteroatoms. The molecule has 0 saturated heterocycles. The molecule has 1 rings (SSSR count). The van der Waals surface area contributed by atoms with Gasteiger partial charge in [0.15, 0.2) is 4.21 Å². The van der Waals surface area contributed by atoms with Crippen molar-refractivity contribution in [3.8, 4) is 0 Å². The Morgan fingerprint density at radius 1 is 1.41 bits per heavy atom. The summed E-state index contributed by atoms with van der Waals surface area (Å²) >= 11 is 0.743. The number of H-pyrrole nitrogens is 1. The molecule has 0 aliphatic carbocycles. The SMILES string of the molecule is Cc1[nH]c(=O)sc1S(=O)(=O)N(C)CCC(C)C. The summed E-state index contributed by atoms with van der Waals surface area (Å²) in [6.45, 7) is 6.15. The predicted molar refractivity (Wildman–Crippen MR) is 68.9 cm³/mol. The number of aromatic amines is 1. The van der Waals surface area contributed by atoms with Crippen LogP contribution in [0.15, 0.2) is 9.00 Å². The number of aryl methyl sites for hydroxylation is 1. The molecule has 0 aliphatic rings. The van der Waals surface area contributed by atoms with Crippen molar-refractivity contribution in [2.75, 3.05) is 13.6 Å². The van der Waals surface area contributed by atoms with Gasteiger partial charge in [-0.15, -0.1) is 0 Å². The maximum atomic E-state index is 12.2. The minimum atomic E-state index is -3.52. The molecule has 0 spiro atoms. The Labute approximate surface area is 106 Å². The summed E-state index contributed by atoms with van der Waals surface area (Å²) in [5.41, 5.74) is 0.413. The van der Waals surface area contributed by atoms with Crippen molar-refractivity contribution < 1.29 is 8.42 Å². The molecule has 0 bridgehead atoms. The van der Waals surface area contributed by atoms with Crippen LogP contribution in [0.25, 0.3) is 0 Å². The average Bonchev–Trinajstić information content (AvgIpc) is 2.54. The van der Waals surface area contributed by atoms with Gasteiger partial charge < -0.3 is 4.98 Å². The highest BCUT2D eigenvalue weighted by molar-refractivity contribution is 7.91. The summed E-state index contributed by atoms with van der Waals surface area (Å²) in [4.78, 5) is 13.3. The van der Waals surface area contributed by atoms with Crippen LogP contribution < -0.4 is 4.87 Å². The normalized spacial score (nSPS) is 12.6. The Kier molecular flexibility index (Phi) is 4.51. The van der Waals surface area contributed by atoms with Crippen LogP contribution in [0.4, 0.5) is 0 Å². The minimum Gasteiger partial charge on any atom is -0.315 e. The van der Waals surface area contributed by atoms with E-state index in [1.807, 2.05) is 13.8 Å². The molecule has 0 fully saturated rings. The summed E-state index contributed by atoms with van der Waals surface area (Å²) in [5, 5.41) is 0. The van der Waals surface area contributed by atoms with E-state index in [2.05, 4.69) is 4.98 Å².